The lowest BCUT2D eigenvalue weighted by molar-refractivity contribution is -0.115. The number of pyridine rings is 1. The minimum atomic E-state index is -0.528. The van der Waals surface area contributed by atoms with Gasteiger partial charge in [0.1, 0.15) is 0 Å². The van der Waals surface area contributed by atoms with Crippen molar-refractivity contribution in [2.75, 3.05) is 5.32 Å². The SMILES string of the molecule is C[C@@H](Sc1n[nH]c(=O)n1CCc1ccccc1)C(=O)Nc1ncc(Cl)cc1Cl. The molecule has 1 amide bonds. The minimum Gasteiger partial charge on any atom is -0.308 e. The van der Waals surface area contributed by atoms with Gasteiger partial charge in [0.25, 0.3) is 0 Å². The molecule has 7 nitrogen and oxygen atoms in total. The van der Waals surface area contributed by atoms with Crippen LogP contribution < -0.4 is 11.0 Å². The zero-order valence-corrected chi connectivity index (χ0v) is 17.2. The molecule has 0 aliphatic carbocycles. The molecular formula is C18H17Cl2N5O2S. The van der Waals surface area contributed by atoms with Crippen LogP contribution in [0.25, 0.3) is 0 Å². The molecule has 0 bridgehead atoms. The highest BCUT2D eigenvalue weighted by Gasteiger charge is 2.20. The molecule has 1 aromatic carbocycles. The maximum atomic E-state index is 12.5. The number of H-pyrrole nitrogens is 1. The average molecular weight is 438 g/mol. The fourth-order valence-corrected chi connectivity index (χ4v) is 3.72. The van der Waals surface area contributed by atoms with Gasteiger partial charge >= 0.3 is 5.69 Å². The molecule has 0 radical (unpaired) electrons. The number of amides is 1. The summed E-state index contributed by atoms with van der Waals surface area (Å²) in [5.74, 6) is -0.0845. The van der Waals surface area contributed by atoms with Gasteiger partial charge in [0.05, 0.1) is 15.3 Å². The van der Waals surface area contributed by atoms with Gasteiger partial charge in [-0.25, -0.2) is 14.9 Å². The first-order valence-electron chi connectivity index (χ1n) is 8.41. The maximum absolute atomic E-state index is 12.5. The van der Waals surface area contributed by atoms with Crippen LogP contribution in [0.2, 0.25) is 10.0 Å². The first-order valence-corrected chi connectivity index (χ1v) is 10.1. The van der Waals surface area contributed by atoms with Crippen molar-refractivity contribution in [3.05, 3.63) is 68.7 Å². The van der Waals surface area contributed by atoms with Crippen LogP contribution in [0.5, 0.6) is 0 Å². The van der Waals surface area contributed by atoms with E-state index in [1.54, 1.807) is 6.92 Å². The Labute approximate surface area is 175 Å². The number of aryl methyl sites for hydroxylation is 1. The van der Waals surface area contributed by atoms with E-state index in [9.17, 15) is 9.59 Å². The smallest absolute Gasteiger partial charge is 0.308 e. The summed E-state index contributed by atoms with van der Waals surface area (Å²) in [6, 6.07) is 11.3. The van der Waals surface area contributed by atoms with E-state index in [2.05, 4.69) is 20.5 Å². The highest BCUT2D eigenvalue weighted by molar-refractivity contribution is 8.00. The predicted molar refractivity (Wildman–Crippen MR) is 111 cm³/mol. The molecule has 0 saturated heterocycles. The number of rotatable bonds is 7. The molecular weight excluding hydrogens is 421 g/mol. The fourth-order valence-electron chi connectivity index (χ4n) is 2.41. The van der Waals surface area contributed by atoms with Crippen LogP contribution in [0.3, 0.4) is 0 Å². The fraction of sp³-hybridized carbons (Fsp3) is 0.222. The molecule has 0 aliphatic rings. The summed E-state index contributed by atoms with van der Waals surface area (Å²) >= 11 is 13.0. The Kier molecular flexibility index (Phi) is 6.77. The largest absolute Gasteiger partial charge is 0.343 e. The molecule has 3 aromatic rings. The predicted octanol–water partition coefficient (Wildman–Crippen LogP) is 3.64. The van der Waals surface area contributed by atoms with Crippen molar-refractivity contribution in [1.82, 2.24) is 19.7 Å². The summed E-state index contributed by atoms with van der Waals surface area (Å²) in [4.78, 5) is 28.5. The first kappa shape index (κ1) is 20.4. The summed E-state index contributed by atoms with van der Waals surface area (Å²) in [6.07, 6.45) is 2.08. The first-order chi connectivity index (χ1) is 13.4. The number of benzene rings is 1. The average Bonchev–Trinajstić information content (AvgIpc) is 3.02. The van der Waals surface area contributed by atoms with Crippen LogP contribution in [0.1, 0.15) is 12.5 Å². The number of aromatic nitrogens is 4. The van der Waals surface area contributed by atoms with Gasteiger partial charge in [0.2, 0.25) is 5.91 Å². The van der Waals surface area contributed by atoms with E-state index in [0.29, 0.717) is 23.1 Å². The van der Waals surface area contributed by atoms with Gasteiger partial charge in [-0.3, -0.25) is 9.36 Å². The van der Waals surface area contributed by atoms with E-state index in [0.717, 1.165) is 5.56 Å². The van der Waals surface area contributed by atoms with Gasteiger partial charge < -0.3 is 5.32 Å². The second kappa shape index (κ2) is 9.27. The number of carbonyl (C=O) groups excluding carboxylic acids is 1. The van der Waals surface area contributed by atoms with Gasteiger partial charge in [-0.1, -0.05) is 65.3 Å². The third kappa shape index (κ3) is 5.15. The van der Waals surface area contributed by atoms with Gasteiger partial charge in [-0.05, 0) is 25.0 Å². The standard InChI is InChI=1S/C18H17Cl2N5O2S/c1-11(16(26)22-15-14(20)9-13(19)10-21-15)28-18-24-23-17(27)25(18)8-7-12-5-3-2-4-6-12/h2-6,9-11H,7-8H2,1H3,(H,23,27)(H,21,22,26)/t11-/m1/s1. The number of hydrogen-bond acceptors (Lipinski definition) is 5. The van der Waals surface area contributed by atoms with Crippen LogP contribution in [0, 0.1) is 0 Å². The summed E-state index contributed by atoms with van der Waals surface area (Å²) in [5.41, 5.74) is 0.800. The summed E-state index contributed by atoms with van der Waals surface area (Å²) in [6.45, 7) is 2.17. The Bertz CT molecular complexity index is 1020. The topological polar surface area (TPSA) is 92.7 Å². The molecule has 2 heterocycles. The lowest BCUT2D eigenvalue weighted by atomic mass is 10.1. The number of nitrogens with zero attached hydrogens (tertiary/aromatic N) is 3. The molecule has 10 heteroatoms. The Hall–Kier alpha value is -2.29. The van der Waals surface area contributed by atoms with Crippen molar-refractivity contribution in [2.45, 2.75) is 30.3 Å². The summed E-state index contributed by atoms with van der Waals surface area (Å²) < 4.78 is 1.52. The highest BCUT2D eigenvalue weighted by atomic mass is 35.5. The highest BCUT2D eigenvalue weighted by Crippen LogP contribution is 2.25. The number of halogens is 2. The molecule has 1 atom stereocenters. The Morgan fingerprint density at radius 2 is 2.07 bits per heavy atom. The molecule has 3 rings (SSSR count). The van der Waals surface area contributed by atoms with Crippen LogP contribution in [-0.2, 0) is 17.8 Å². The third-order valence-corrected chi connectivity index (χ3v) is 5.48. The molecule has 0 fully saturated rings. The molecule has 28 heavy (non-hydrogen) atoms. The van der Waals surface area contributed by atoms with Crippen molar-refractivity contribution >= 4 is 46.7 Å². The van der Waals surface area contributed by atoms with Crippen molar-refractivity contribution < 1.29 is 4.79 Å². The van der Waals surface area contributed by atoms with E-state index in [1.165, 1.54) is 28.6 Å². The molecule has 0 aliphatic heterocycles. The molecule has 146 valence electrons. The molecule has 0 spiro atoms. The summed E-state index contributed by atoms with van der Waals surface area (Å²) in [7, 11) is 0. The number of carbonyl (C=O) groups is 1. The maximum Gasteiger partial charge on any atom is 0.343 e. The second-order valence-electron chi connectivity index (χ2n) is 5.93. The monoisotopic (exact) mass is 437 g/mol. The Morgan fingerprint density at radius 3 is 2.79 bits per heavy atom. The summed E-state index contributed by atoms with van der Waals surface area (Å²) in [5, 5.41) is 9.67. The quantitative estimate of drug-likeness (QED) is 0.550. The van der Waals surface area contributed by atoms with E-state index < -0.39 is 5.25 Å². The lowest BCUT2D eigenvalue weighted by Gasteiger charge is -2.12. The Morgan fingerprint density at radius 1 is 1.32 bits per heavy atom. The van der Waals surface area contributed by atoms with Crippen molar-refractivity contribution in [2.24, 2.45) is 0 Å². The molecule has 2 N–H and O–H groups in total. The van der Waals surface area contributed by atoms with Crippen molar-refractivity contribution in [1.29, 1.82) is 0 Å². The van der Waals surface area contributed by atoms with Crippen molar-refractivity contribution in [3.8, 4) is 0 Å². The zero-order chi connectivity index (χ0) is 20.1. The lowest BCUT2D eigenvalue weighted by Crippen LogP contribution is -2.24. The molecule has 0 saturated carbocycles. The van der Waals surface area contributed by atoms with Crippen LogP contribution in [0.4, 0.5) is 5.82 Å². The van der Waals surface area contributed by atoms with Gasteiger partial charge in [0, 0.05) is 12.7 Å². The molecule has 2 aromatic heterocycles. The second-order valence-corrected chi connectivity index (χ2v) is 8.08. The number of nitrogens with one attached hydrogen (secondary N) is 2. The van der Waals surface area contributed by atoms with Crippen LogP contribution in [-0.4, -0.2) is 30.9 Å². The number of thioether (sulfide) groups is 1. The van der Waals surface area contributed by atoms with E-state index in [-0.39, 0.29) is 22.4 Å². The Balaban J connectivity index is 1.66. The van der Waals surface area contributed by atoms with E-state index in [4.69, 9.17) is 23.2 Å². The van der Waals surface area contributed by atoms with Crippen LogP contribution >= 0.6 is 35.0 Å². The molecule has 0 unspecified atom stereocenters. The zero-order valence-electron chi connectivity index (χ0n) is 14.9. The number of anilines is 1. The van der Waals surface area contributed by atoms with Gasteiger partial charge in [0.15, 0.2) is 11.0 Å². The van der Waals surface area contributed by atoms with E-state index in [1.807, 2.05) is 30.3 Å². The van der Waals surface area contributed by atoms with Crippen molar-refractivity contribution in [3.63, 3.8) is 0 Å². The van der Waals surface area contributed by atoms with Gasteiger partial charge in [-0.15, -0.1) is 5.10 Å². The number of hydrogen-bond donors (Lipinski definition) is 2. The number of aromatic amines is 1. The van der Waals surface area contributed by atoms with E-state index >= 15 is 0 Å². The van der Waals surface area contributed by atoms with Crippen LogP contribution in [0.15, 0.2) is 52.5 Å². The minimum absolute atomic E-state index is 0.229. The normalized spacial score (nSPS) is 12.0. The third-order valence-electron chi connectivity index (χ3n) is 3.89. The van der Waals surface area contributed by atoms with Gasteiger partial charge in [-0.2, -0.15) is 0 Å².